The van der Waals surface area contributed by atoms with E-state index in [0.29, 0.717) is 0 Å². The first-order chi connectivity index (χ1) is 15.8. The first kappa shape index (κ1) is 23.8. The maximum Gasteiger partial charge on any atom is 0.308 e. The summed E-state index contributed by atoms with van der Waals surface area (Å²) in [6.07, 6.45) is -6.78. The lowest BCUT2D eigenvalue weighted by Gasteiger charge is -2.43. The molecule has 1 fully saturated rings. The minimum Gasteiger partial charge on any atom is -0.507 e. The summed E-state index contributed by atoms with van der Waals surface area (Å²) >= 11 is 0. The summed E-state index contributed by atoms with van der Waals surface area (Å²) in [4.78, 5) is 37.5. The largest absolute Gasteiger partial charge is 0.507 e. The van der Waals surface area contributed by atoms with Crippen molar-refractivity contribution in [2.24, 2.45) is 0 Å². The Labute approximate surface area is 192 Å². The Bertz CT molecular complexity index is 1220. The van der Waals surface area contributed by atoms with Crippen LogP contribution in [-0.4, -0.2) is 73.5 Å². The molecule has 1 aliphatic heterocycles. The second-order valence-corrected chi connectivity index (χ2v) is 8.23. The maximum atomic E-state index is 13.2. The van der Waals surface area contributed by atoms with Crippen molar-refractivity contribution in [1.82, 2.24) is 0 Å². The predicted molar refractivity (Wildman–Crippen MR) is 112 cm³/mol. The Hall–Kier alpha value is -3.35. The monoisotopic (exact) mass is 474 g/mol. The summed E-state index contributed by atoms with van der Waals surface area (Å²) in [5.41, 5.74) is -0.490. The summed E-state index contributed by atoms with van der Waals surface area (Å²) in [6.45, 7) is 3.90. The quantitative estimate of drug-likeness (QED) is 0.195. The van der Waals surface area contributed by atoms with Crippen LogP contribution in [0.5, 0.6) is 17.2 Å². The average molecular weight is 474 g/mol. The zero-order valence-corrected chi connectivity index (χ0v) is 18.3. The molecule has 0 saturated carbocycles. The standard InChI is InChI=1S/C23H22O11/c1-8-15(34-22-21(29)23(30,31)20(28)9(2)32-22)7-14-16(17(8)25)19(27)12-5-4-11(33-10(3)24)6-13(12)18(14)26/h4-7,9,20-22,25,28-31H,1-3H3/t9-,20+,21-,22-/m0/s1. The van der Waals surface area contributed by atoms with Gasteiger partial charge in [0.15, 0.2) is 17.7 Å². The number of phenolic OH excluding ortho intramolecular Hbond substituents is 1. The highest BCUT2D eigenvalue weighted by molar-refractivity contribution is 6.29. The number of ketones is 2. The topological polar surface area (TPSA) is 180 Å². The number of hydrogen-bond acceptors (Lipinski definition) is 11. The molecule has 1 saturated heterocycles. The first-order valence-corrected chi connectivity index (χ1v) is 10.3. The Morgan fingerprint density at radius 2 is 1.71 bits per heavy atom. The van der Waals surface area contributed by atoms with Gasteiger partial charge in [-0.1, -0.05) is 0 Å². The molecule has 0 bridgehead atoms. The lowest BCUT2D eigenvalue weighted by atomic mass is 9.82. The minimum atomic E-state index is -2.95. The van der Waals surface area contributed by atoms with Crippen LogP contribution in [-0.2, 0) is 9.53 Å². The van der Waals surface area contributed by atoms with E-state index >= 15 is 0 Å². The van der Waals surface area contributed by atoms with Gasteiger partial charge < -0.3 is 39.7 Å². The third-order valence-corrected chi connectivity index (χ3v) is 5.88. The summed E-state index contributed by atoms with van der Waals surface area (Å²) in [5.74, 6) is -5.54. The number of carbonyl (C=O) groups is 3. The van der Waals surface area contributed by atoms with E-state index in [-0.39, 0.29) is 39.3 Å². The SMILES string of the molecule is CC(=O)Oc1ccc2c(c1)C(=O)c1cc(O[C@@H]3O[C@@H](C)[C@@H](O)C(O)(O)[C@H]3O)c(C)c(O)c1C2=O. The van der Waals surface area contributed by atoms with Crippen molar-refractivity contribution in [3.05, 3.63) is 52.1 Å². The van der Waals surface area contributed by atoms with Gasteiger partial charge in [0, 0.05) is 29.2 Å². The molecule has 4 rings (SSSR count). The van der Waals surface area contributed by atoms with Crippen LogP contribution in [0.4, 0.5) is 0 Å². The van der Waals surface area contributed by atoms with Crippen LogP contribution in [0.15, 0.2) is 24.3 Å². The number of carbonyl (C=O) groups excluding carboxylic acids is 3. The van der Waals surface area contributed by atoms with Crippen LogP contribution in [0.1, 0.15) is 51.3 Å². The van der Waals surface area contributed by atoms with E-state index in [1.54, 1.807) is 0 Å². The lowest BCUT2D eigenvalue weighted by molar-refractivity contribution is -0.371. The zero-order valence-electron chi connectivity index (χ0n) is 18.3. The van der Waals surface area contributed by atoms with Crippen LogP contribution in [0, 0.1) is 6.92 Å². The highest BCUT2D eigenvalue weighted by Crippen LogP contribution is 2.41. The van der Waals surface area contributed by atoms with Crippen molar-refractivity contribution in [1.29, 1.82) is 0 Å². The molecule has 4 atom stereocenters. The number of rotatable bonds is 3. The molecule has 0 aromatic heterocycles. The molecule has 5 N–H and O–H groups in total. The van der Waals surface area contributed by atoms with Gasteiger partial charge in [-0.05, 0) is 38.1 Å². The minimum absolute atomic E-state index is 0.0102. The average Bonchev–Trinajstić information content (AvgIpc) is 2.77. The van der Waals surface area contributed by atoms with Crippen LogP contribution in [0.2, 0.25) is 0 Å². The molecule has 1 heterocycles. The predicted octanol–water partition coefficient (Wildman–Crippen LogP) is -0.0724. The summed E-state index contributed by atoms with van der Waals surface area (Å²) in [6, 6.07) is 5.07. The van der Waals surface area contributed by atoms with E-state index in [0.717, 1.165) is 6.07 Å². The number of fused-ring (bicyclic) bond motifs is 2. The molecule has 0 unspecified atom stereocenters. The number of benzene rings is 2. The van der Waals surface area contributed by atoms with Crippen molar-refractivity contribution in [2.75, 3.05) is 0 Å². The smallest absolute Gasteiger partial charge is 0.308 e. The lowest BCUT2D eigenvalue weighted by Crippen LogP contribution is -2.66. The fraction of sp³-hybridized carbons (Fsp3) is 0.348. The molecule has 11 nitrogen and oxygen atoms in total. The van der Waals surface area contributed by atoms with E-state index in [1.807, 2.05) is 0 Å². The number of esters is 1. The van der Waals surface area contributed by atoms with E-state index in [4.69, 9.17) is 14.2 Å². The first-order valence-electron chi connectivity index (χ1n) is 10.3. The highest BCUT2D eigenvalue weighted by atomic mass is 16.7. The molecule has 2 aromatic carbocycles. The third kappa shape index (κ3) is 3.63. The van der Waals surface area contributed by atoms with Gasteiger partial charge >= 0.3 is 5.97 Å². The Morgan fingerprint density at radius 3 is 2.35 bits per heavy atom. The summed E-state index contributed by atoms with van der Waals surface area (Å²) in [7, 11) is 0. The number of ether oxygens (including phenoxy) is 3. The normalized spacial score (nSPS) is 25.4. The summed E-state index contributed by atoms with van der Waals surface area (Å²) in [5, 5.41) is 50.9. The Kier molecular flexibility index (Phi) is 5.70. The van der Waals surface area contributed by atoms with Crippen molar-refractivity contribution in [2.45, 2.75) is 51.2 Å². The molecule has 11 heteroatoms. The van der Waals surface area contributed by atoms with Gasteiger partial charge in [-0.25, -0.2) is 0 Å². The molecule has 1 aliphatic carbocycles. The fourth-order valence-corrected chi connectivity index (χ4v) is 3.99. The number of phenols is 1. The number of aliphatic hydroxyl groups is 4. The number of hydrogen-bond donors (Lipinski definition) is 5. The maximum absolute atomic E-state index is 13.2. The van der Waals surface area contributed by atoms with E-state index in [2.05, 4.69) is 0 Å². The Morgan fingerprint density at radius 1 is 1.03 bits per heavy atom. The third-order valence-electron chi connectivity index (χ3n) is 5.88. The highest BCUT2D eigenvalue weighted by Gasteiger charge is 2.54. The molecule has 0 spiro atoms. The van der Waals surface area contributed by atoms with Gasteiger partial charge in [0.2, 0.25) is 12.1 Å². The van der Waals surface area contributed by atoms with Crippen molar-refractivity contribution in [3.8, 4) is 17.2 Å². The van der Waals surface area contributed by atoms with E-state index in [9.17, 15) is 39.9 Å². The van der Waals surface area contributed by atoms with Gasteiger partial charge in [0.05, 0.1) is 11.7 Å². The Balaban J connectivity index is 1.75. The van der Waals surface area contributed by atoms with Crippen LogP contribution in [0.25, 0.3) is 0 Å². The van der Waals surface area contributed by atoms with Gasteiger partial charge in [0.1, 0.15) is 23.4 Å². The summed E-state index contributed by atoms with van der Waals surface area (Å²) < 4.78 is 15.9. The number of aliphatic hydroxyl groups excluding tert-OH is 2. The molecule has 0 amide bonds. The zero-order chi connectivity index (χ0) is 25.1. The van der Waals surface area contributed by atoms with Gasteiger partial charge in [-0.15, -0.1) is 0 Å². The number of aromatic hydroxyl groups is 1. The molecule has 2 aliphatic rings. The van der Waals surface area contributed by atoms with Crippen LogP contribution in [0.3, 0.4) is 0 Å². The van der Waals surface area contributed by atoms with Crippen molar-refractivity contribution < 1.29 is 54.1 Å². The van der Waals surface area contributed by atoms with E-state index < -0.39 is 53.7 Å². The molecular weight excluding hydrogens is 452 g/mol. The molecular formula is C23H22O11. The van der Waals surface area contributed by atoms with Crippen LogP contribution >= 0.6 is 0 Å². The second-order valence-electron chi connectivity index (χ2n) is 8.23. The molecule has 34 heavy (non-hydrogen) atoms. The van der Waals surface area contributed by atoms with Crippen molar-refractivity contribution in [3.63, 3.8) is 0 Å². The van der Waals surface area contributed by atoms with Gasteiger partial charge in [0.25, 0.3) is 0 Å². The molecule has 2 aromatic rings. The van der Waals surface area contributed by atoms with Gasteiger partial charge in [-0.3, -0.25) is 14.4 Å². The van der Waals surface area contributed by atoms with Crippen molar-refractivity contribution >= 4 is 17.5 Å². The van der Waals surface area contributed by atoms with Crippen LogP contribution < -0.4 is 9.47 Å². The fourth-order valence-electron chi connectivity index (χ4n) is 3.99. The van der Waals surface area contributed by atoms with E-state index in [1.165, 1.54) is 39.0 Å². The molecule has 0 radical (unpaired) electrons. The molecule has 180 valence electrons. The second kappa shape index (κ2) is 8.15. The van der Waals surface area contributed by atoms with Gasteiger partial charge in [-0.2, -0.15) is 0 Å².